The lowest BCUT2D eigenvalue weighted by atomic mass is 10.2. The van der Waals surface area contributed by atoms with Gasteiger partial charge in [-0.25, -0.2) is 0 Å². The van der Waals surface area contributed by atoms with Crippen molar-refractivity contribution in [3.63, 3.8) is 0 Å². The van der Waals surface area contributed by atoms with Crippen molar-refractivity contribution in [1.82, 2.24) is 9.88 Å². The fourth-order valence-corrected chi connectivity index (χ4v) is 4.68. The first-order chi connectivity index (χ1) is 13.7. The minimum atomic E-state index is -0.370. The van der Waals surface area contributed by atoms with Crippen molar-refractivity contribution in [3.8, 4) is 0 Å². The maximum Gasteiger partial charge on any atom is 0.258 e. The number of amides is 1. The second-order valence-corrected chi connectivity index (χ2v) is 9.77. The second kappa shape index (κ2) is 11.3. The highest BCUT2D eigenvalue weighted by atomic mass is 35.5. The number of halogens is 2. The van der Waals surface area contributed by atoms with Crippen LogP contribution in [0.3, 0.4) is 0 Å². The molecule has 0 fully saturated rings. The predicted molar refractivity (Wildman–Crippen MR) is 129 cm³/mol. The third kappa shape index (κ3) is 6.93. The molecule has 8 heteroatoms. The Balaban J connectivity index is 2.09. The summed E-state index contributed by atoms with van der Waals surface area (Å²) in [7, 11) is 0. The third-order valence-electron chi connectivity index (χ3n) is 4.35. The molecule has 0 bridgehead atoms. The van der Waals surface area contributed by atoms with E-state index in [-0.39, 0.29) is 11.5 Å². The Bertz CT molecular complexity index is 847. The number of nitrogens with zero attached hydrogens (tertiary/aromatic N) is 2. The van der Waals surface area contributed by atoms with Crippen molar-refractivity contribution in [3.05, 3.63) is 52.3 Å². The van der Waals surface area contributed by atoms with Crippen LogP contribution in [-0.2, 0) is 0 Å². The first kappa shape index (κ1) is 24.1. The number of carbonyl (C=O) groups excluding carboxylic acids is 1. The van der Waals surface area contributed by atoms with Crippen LogP contribution in [0.1, 0.15) is 44.5 Å². The van der Waals surface area contributed by atoms with Crippen molar-refractivity contribution in [2.75, 3.05) is 11.9 Å². The molecule has 0 atom stereocenters. The molecule has 2 aromatic rings. The van der Waals surface area contributed by atoms with Crippen LogP contribution in [0.4, 0.5) is 5.69 Å². The molecule has 0 aliphatic rings. The Kier molecular flexibility index (Phi) is 9.37. The molecule has 0 spiro atoms. The van der Waals surface area contributed by atoms with Gasteiger partial charge < -0.3 is 5.32 Å². The molecule has 0 unspecified atom stereocenters. The van der Waals surface area contributed by atoms with E-state index < -0.39 is 0 Å². The number of rotatable bonds is 8. The Hall–Kier alpha value is -1.18. The number of pyridine rings is 1. The summed E-state index contributed by atoms with van der Waals surface area (Å²) in [6, 6.07) is 7.62. The number of thiocarbonyl (C=S) groups is 1. The van der Waals surface area contributed by atoms with Crippen LogP contribution in [0, 0.1) is 0 Å². The highest BCUT2D eigenvalue weighted by molar-refractivity contribution is 8.23. The summed E-state index contributed by atoms with van der Waals surface area (Å²) >= 11 is 19.3. The first-order valence-corrected chi connectivity index (χ1v) is 11.3. The van der Waals surface area contributed by atoms with Gasteiger partial charge in [0.05, 0.1) is 30.4 Å². The first-order valence-electron chi connectivity index (χ1n) is 9.36. The molecule has 1 amide bonds. The van der Waals surface area contributed by atoms with Gasteiger partial charge in [-0.1, -0.05) is 53.2 Å². The standard InChI is InChI=1S/C21H25Cl2N3OS2/c1-13(2)26(14(3)4)11-9-19(28)29-18-12-24-10-8-17(18)25-21(27)20-15(22)6-5-7-16(20)23/h5-8,10,12-14H,9,11H2,1-4H3,(H,24,25,27). The molecule has 1 aromatic heterocycles. The normalized spacial score (nSPS) is 11.3. The number of benzene rings is 1. The van der Waals surface area contributed by atoms with Crippen LogP contribution < -0.4 is 5.32 Å². The lowest BCUT2D eigenvalue weighted by molar-refractivity contribution is 0.102. The fourth-order valence-electron chi connectivity index (χ4n) is 2.97. The van der Waals surface area contributed by atoms with Crippen LogP contribution in [0.15, 0.2) is 41.6 Å². The molecule has 0 aliphatic heterocycles. The van der Waals surface area contributed by atoms with Gasteiger partial charge in [-0.05, 0) is 45.9 Å². The van der Waals surface area contributed by atoms with E-state index in [2.05, 4.69) is 42.9 Å². The van der Waals surface area contributed by atoms with Crippen LogP contribution >= 0.6 is 47.2 Å². The molecule has 1 N–H and O–H groups in total. The molecule has 0 saturated carbocycles. The predicted octanol–water partition coefficient (Wildman–Crippen LogP) is 6.57. The van der Waals surface area contributed by atoms with E-state index in [1.165, 1.54) is 11.8 Å². The molecule has 29 heavy (non-hydrogen) atoms. The van der Waals surface area contributed by atoms with Crippen molar-refractivity contribution < 1.29 is 4.79 Å². The largest absolute Gasteiger partial charge is 0.321 e. The van der Waals surface area contributed by atoms with Gasteiger partial charge in [0.15, 0.2) is 0 Å². The van der Waals surface area contributed by atoms with Crippen LogP contribution in [0.25, 0.3) is 0 Å². The van der Waals surface area contributed by atoms with E-state index in [4.69, 9.17) is 35.4 Å². The van der Waals surface area contributed by atoms with Gasteiger partial charge in [-0.15, -0.1) is 0 Å². The van der Waals surface area contributed by atoms with E-state index in [9.17, 15) is 4.79 Å². The van der Waals surface area contributed by atoms with E-state index in [1.54, 1.807) is 36.7 Å². The number of hydrogen-bond donors (Lipinski definition) is 1. The minimum Gasteiger partial charge on any atom is -0.321 e. The highest BCUT2D eigenvalue weighted by Gasteiger charge is 2.18. The van der Waals surface area contributed by atoms with Gasteiger partial charge in [0, 0.05) is 37.4 Å². The SMILES string of the molecule is CC(C)N(CCC(=S)Sc1cnccc1NC(=O)c1c(Cl)cccc1Cl)C(C)C. The molecule has 2 rings (SSSR count). The summed E-state index contributed by atoms with van der Waals surface area (Å²) in [5, 5.41) is 3.48. The number of anilines is 1. The van der Waals surface area contributed by atoms with E-state index in [0.717, 1.165) is 22.1 Å². The second-order valence-electron chi connectivity index (χ2n) is 7.07. The Morgan fingerprint density at radius 3 is 2.38 bits per heavy atom. The molecule has 156 valence electrons. The van der Waals surface area contributed by atoms with Crippen LogP contribution in [0.5, 0.6) is 0 Å². The van der Waals surface area contributed by atoms with E-state index >= 15 is 0 Å². The fraction of sp³-hybridized carbons (Fsp3) is 0.381. The van der Waals surface area contributed by atoms with Gasteiger partial charge in [0.2, 0.25) is 0 Å². The Labute approximate surface area is 192 Å². The summed E-state index contributed by atoms with van der Waals surface area (Å²) in [6.45, 7) is 9.63. The summed E-state index contributed by atoms with van der Waals surface area (Å²) in [5.74, 6) is -0.370. The van der Waals surface area contributed by atoms with Gasteiger partial charge >= 0.3 is 0 Å². The molecular weight excluding hydrogens is 445 g/mol. The third-order valence-corrected chi connectivity index (χ3v) is 6.41. The summed E-state index contributed by atoms with van der Waals surface area (Å²) in [5.41, 5.74) is 0.869. The lowest BCUT2D eigenvalue weighted by Gasteiger charge is -2.30. The van der Waals surface area contributed by atoms with Gasteiger partial charge in [0.25, 0.3) is 5.91 Å². The zero-order valence-electron chi connectivity index (χ0n) is 16.9. The Morgan fingerprint density at radius 2 is 1.79 bits per heavy atom. The summed E-state index contributed by atoms with van der Waals surface area (Å²) < 4.78 is 0.843. The van der Waals surface area contributed by atoms with Crippen molar-refractivity contribution >= 4 is 63.0 Å². The summed E-state index contributed by atoms with van der Waals surface area (Å²) in [4.78, 5) is 20.1. The van der Waals surface area contributed by atoms with Crippen LogP contribution in [-0.4, -0.2) is 38.6 Å². The zero-order valence-corrected chi connectivity index (χ0v) is 20.1. The number of aromatic nitrogens is 1. The molecule has 1 aromatic carbocycles. The minimum absolute atomic E-state index is 0.246. The molecule has 1 heterocycles. The molecule has 0 aliphatic carbocycles. The number of nitrogens with one attached hydrogen (secondary N) is 1. The van der Waals surface area contributed by atoms with Crippen molar-refractivity contribution in [2.24, 2.45) is 0 Å². The van der Waals surface area contributed by atoms with Crippen molar-refractivity contribution in [2.45, 2.75) is 51.1 Å². The highest BCUT2D eigenvalue weighted by Crippen LogP contribution is 2.31. The summed E-state index contributed by atoms with van der Waals surface area (Å²) in [6.07, 6.45) is 4.09. The van der Waals surface area contributed by atoms with Gasteiger partial charge in [0.1, 0.15) is 0 Å². The lowest BCUT2D eigenvalue weighted by Crippen LogP contribution is -2.38. The van der Waals surface area contributed by atoms with Gasteiger partial charge in [-0.2, -0.15) is 0 Å². The maximum absolute atomic E-state index is 12.7. The zero-order chi connectivity index (χ0) is 21.6. The van der Waals surface area contributed by atoms with Crippen LogP contribution in [0.2, 0.25) is 10.0 Å². The van der Waals surface area contributed by atoms with E-state index in [0.29, 0.717) is 27.8 Å². The number of carbonyl (C=O) groups is 1. The molecule has 0 saturated heterocycles. The average molecular weight is 470 g/mol. The Morgan fingerprint density at radius 1 is 1.17 bits per heavy atom. The number of thioether (sulfide) groups is 1. The van der Waals surface area contributed by atoms with E-state index in [1.807, 2.05) is 0 Å². The molecule has 4 nitrogen and oxygen atoms in total. The maximum atomic E-state index is 12.7. The topological polar surface area (TPSA) is 45.2 Å². The monoisotopic (exact) mass is 469 g/mol. The quantitative estimate of drug-likeness (QED) is 0.349. The molecule has 0 radical (unpaired) electrons. The van der Waals surface area contributed by atoms with Gasteiger partial charge in [-0.3, -0.25) is 14.7 Å². The number of hydrogen-bond acceptors (Lipinski definition) is 5. The average Bonchev–Trinajstić information content (AvgIpc) is 2.62. The smallest absolute Gasteiger partial charge is 0.258 e. The molecular formula is C21H25Cl2N3OS2. The van der Waals surface area contributed by atoms with Crippen molar-refractivity contribution in [1.29, 1.82) is 0 Å².